The number of benzene rings is 2. The molecule has 0 radical (unpaired) electrons. The molecule has 0 spiro atoms. The first kappa shape index (κ1) is 19.8. The molecule has 1 heterocycles. The van der Waals surface area contributed by atoms with Crippen LogP contribution in [0.2, 0.25) is 5.02 Å². The Labute approximate surface area is 167 Å². The van der Waals surface area contributed by atoms with Gasteiger partial charge in [-0.3, -0.25) is 4.79 Å². The van der Waals surface area contributed by atoms with E-state index in [1.54, 1.807) is 18.2 Å². The van der Waals surface area contributed by atoms with Crippen molar-refractivity contribution in [2.75, 3.05) is 25.6 Å². The van der Waals surface area contributed by atoms with Crippen molar-refractivity contribution in [3.63, 3.8) is 0 Å². The summed E-state index contributed by atoms with van der Waals surface area (Å²) in [4.78, 5) is 24.9. The van der Waals surface area contributed by atoms with Crippen LogP contribution >= 0.6 is 11.6 Å². The van der Waals surface area contributed by atoms with Crippen molar-refractivity contribution in [1.82, 2.24) is 0 Å². The standard InChI is InChI=1S/C20H20ClNO6/c1-11-4-5-14(21)10-15(11)22-19(23)12(2)28-20(24)13-8-16(25-3)18-17(9-13)26-6-7-27-18/h4-5,8-10,12H,6-7H2,1-3H3,(H,22,23)/t12-/m0/s1. The molecule has 1 aliphatic heterocycles. The number of ether oxygens (including phenoxy) is 4. The first-order valence-corrected chi connectivity index (χ1v) is 9.02. The second-order valence-corrected chi connectivity index (χ2v) is 6.64. The van der Waals surface area contributed by atoms with Gasteiger partial charge in [0.2, 0.25) is 5.75 Å². The lowest BCUT2D eigenvalue weighted by atomic mass is 10.1. The van der Waals surface area contributed by atoms with Crippen molar-refractivity contribution < 1.29 is 28.5 Å². The summed E-state index contributed by atoms with van der Waals surface area (Å²) in [7, 11) is 1.46. The molecule has 1 atom stereocenters. The molecule has 2 aromatic carbocycles. The van der Waals surface area contributed by atoms with Crippen LogP contribution in [-0.2, 0) is 9.53 Å². The summed E-state index contributed by atoms with van der Waals surface area (Å²) in [5.41, 5.74) is 1.59. The second kappa shape index (κ2) is 8.39. The van der Waals surface area contributed by atoms with E-state index in [9.17, 15) is 9.59 Å². The molecule has 1 aliphatic rings. The Bertz CT molecular complexity index is 897. The van der Waals surface area contributed by atoms with E-state index < -0.39 is 18.0 Å². The third-order valence-electron chi connectivity index (χ3n) is 4.17. The lowest BCUT2D eigenvalue weighted by Gasteiger charge is -2.21. The van der Waals surface area contributed by atoms with E-state index >= 15 is 0 Å². The van der Waals surface area contributed by atoms with Crippen LogP contribution in [0.15, 0.2) is 30.3 Å². The molecular weight excluding hydrogens is 386 g/mol. The monoisotopic (exact) mass is 405 g/mol. The Morgan fingerprint density at radius 3 is 2.68 bits per heavy atom. The SMILES string of the molecule is COc1cc(C(=O)O[C@@H](C)C(=O)Nc2cc(Cl)ccc2C)cc2c1OCCO2. The maximum Gasteiger partial charge on any atom is 0.339 e. The van der Waals surface area contributed by atoms with E-state index in [-0.39, 0.29) is 5.56 Å². The van der Waals surface area contributed by atoms with E-state index in [2.05, 4.69) is 5.32 Å². The van der Waals surface area contributed by atoms with Gasteiger partial charge in [-0.05, 0) is 43.7 Å². The molecule has 8 heteroatoms. The number of fused-ring (bicyclic) bond motifs is 1. The fourth-order valence-corrected chi connectivity index (χ4v) is 2.81. The Kier molecular flexibility index (Phi) is 5.94. The molecular formula is C20H20ClNO6. The van der Waals surface area contributed by atoms with Gasteiger partial charge in [0.1, 0.15) is 13.2 Å². The topological polar surface area (TPSA) is 83.1 Å². The number of halogens is 1. The molecule has 7 nitrogen and oxygen atoms in total. The first-order chi connectivity index (χ1) is 13.4. The fraction of sp³-hybridized carbons (Fsp3) is 0.300. The van der Waals surface area contributed by atoms with Gasteiger partial charge in [-0.25, -0.2) is 4.79 Å². The number of carbonyl (C=O) groups is 2. The average molecular weight is 406 g/mol. The summed E-state index contributed by atoms with van der Waals surface area (Å²) >= 11 is 5.96. The molecule has 1 amide bonds. The summed E-state index contributed by atoms with van der Waals surface area (Å²) in [5.74, 6) is 0.0384. The molecule has 0 aromatic heterocycles. The summed E-state index contributed by atoms with van der Waals surface area (Å²) < 4.78 is 21.6. The minimum Gasteiger partial charge on any atom is -0.493 e. The molecule has 3 rings (SSSR count). The van der Waals surface area contributed by atoms with Gasteiger partial charge in [-0.15, -0.1) is 0 Å². The van der Waals surface area contributed by atoms with Gasteiger partial charge in [0.05, 0.1) is 12.7 Å². The van der Waals surface area contributed by atoms with Gasteiger partial charge in [0.25, 0.3) is 5.91 Å². The lowest BCUT2D eigenvalue weighted by Crippen LogP contribution is -2.30. The van der Waals surface area contributed by atoms with Crippen LogP contribution < -0.4 is 19.5 Å². The van der Waals surface area contributed by atoms with Crippen LogP contribution in [0.5, 0.6) is 17.2 Å². The number of amides is 1. The summed E-state index contributed by atoms with van der Waals surface area (Å²) in [6.45, 7) is 4.09. The van der Waals surface area contributed by atoms with Crippen LogP contribution in [0, 0.1) is 6.92 Å². The number of rotatable bonds is 5. The number of anilines is 1. The molecule has 0 aliphatic carbocycles. The number of hydrogen-bond acceptors (Lipinski definition) is 6. The zero-order valence-electron chi connectivity index (χ0n) is 15.7. The number of carbonyl (C=O) groups excluding carboxylic acids is 2. The van der Waals surface area contributed by atoms with Crippen LogP contribution in [0.25, 0.3) is 0 Å². The van der Waals surface area contributed by atoms with Gasteiger partial charge in [0.15, 0.2) is 17.6 Å². The van der Waals surface area contributed by atoms with E-state index in [1.165, 1.54) is 26.2 Å². The summed E-state index contributed by atoms with van der Waals surface area (Å²) in [6, 6.07) is 8.14. The molecule has 0 unspecified atom stereocenters. The van der Waals surface area contributed by atoms with Gasteiger partial charge >= 0.3 is 5.97 Å². The van der Waals surface area contributed by atoms with E-state index in [1.807, 2.05) is 6.92 Å². The molecule has 0 fully saturated rings. The zero-order valence-corrected chi connectivity index (χ0v) is 16.5. The zero-order chi connectivity index (χ0) is 20.3. The van der Waals surface area contributed by atoms with Crippen molar-refractivity contribution in [1.29, 1.82) is 0 Å². The number of methoxy groups -OCH3 is 1. The maximum absolute atomic E-state index is 12.5. The van der Waals surface area contributed by atoms with Crippen LogP contribution in [0.1, 0.15) is 22.8 Å². The van der Waals surface area contributed by atoms with Gasteiger partial charge in [0, 0.05) is 10.7 Å². The quantitative estimate of drug-likeness (QED) is 0.765. The van der Waals surface area contributed by atoms with Crippen molar-refractivity contribution in [3.05, 3.63) is 46.5 Å². The lowest BCUT2D eigenvalue weighted by molar-refractivity contribution is -0.123. The number of hydrogen-bond donors (Lipinski definition) is 1. The highest BCUT2D eigenvalue weighted by atomic mass is 35.5. The number of aryl methyl sites for hydroxylation is 1. The second-order valence-electron chi connectivity index (χ2n) is 6.20. The van der Waals surface area contributed by atoms with Gasteiger partial charge in [-0.1, -0.05) is 17.7 Å². The number of nitrogens with one attached hydrogen (secondary N) is 1. The highest BCUT2D eigenvalue weighted by molar-refractivity contribution is 6.31. The Morgan fingerprint density at radius 2 is 1.93 bits per heavy atom. The molecule has 28 heavy (non-hydrogen) atoms. The van der Waals surface area contributed by atoms with Crippen molar-refractivity contribution >= 4 is 29.2 Å². The molecule has 2 aromatic rings. The third kappa shape index (κ3) is 4.31. The van der Waals surface area contributed by atoms with E-state index in [4.69, 9.17) is 30.5 Å². The predicted molar refractivity (Wildman–Crippen MR) is 104 cm³/mol. The molecule has 0 bridgehead atoms. The Morgan fingerprint density at radius 1 is 1.18 bits per heavy atom. The van der Waals surface area contributed by atoms with Crippen molar-refractivity contribution in [2.45, 2.75) is 20.0 Å². The highest BCUT2D eigenvalue weighted by Gasteiger charge is 2.24. The highest BCUT2D eigenvalue weighted by Crippen LogP contribution is 2.40. The average Bonchev–Trinajstić information content (AvgIpc) is 2.69. The Hall–Kier alpha value is -2.93. The van der Waals surface area contributed by atoms with E-state index in [0.29, 0.717) is 41.2 Å². The normalized spacial score (nSPS) is 13.4. The van der Waals surface area contributed by atoms with Crippen LogP contribution in [0.4, 0.5) is 5.69 Å². The minimum atomic E-state index is -1.02. The summed E-state index contributed by atoms with van der Waals surface area (Å²) in [5, 5.41) is 3.20. The van der Waals surface area contributed by atoms with Crippen LogP contribution in [0.3, 0.4) is 0 Å². The molecule has 148 valence electrons. The van der Waals surface area contributed by atoms with Gasteiger partial charge in [-0.2, -0.15) is 0 Å². The molecule has 0 saturated heterocycles. The molecule has 1 N–H and O–H groups in total. The predicted octanol–water partition coefficient (Wildman–Crippen LogP) is 3.61. The van der Waals surface area contributed by atoms with Crippen LogP contribution in [-0.4, -0.2) is 38.3 Å². The Balaban J connectivity index is 1.71. The van der Waals surface area contributed by atoms with Gasteiger partial charge < -0.3 is 24.3 Å². The molecule has 0 saturated carbocycles. The third-order valence-corrected chi connectivity index (χ3v) is 4.41. The smallest absolute Gasteiger partial charge is 0.339 e. The minimum absolute atomic E-state index is 0.194. The first-order valence-electron chi connectivity index (χ1n) is 8.64. The van der Waals surface area contributed by atoms with Crippen molar-refractivity contribution in [2.24, 2.45) is 0 Å². The summed E-state index contributed by atoms with van der Waals surface area (Å²) in [6.07, 6.45) is -1.02. The maximum atomic E-state index is 12.5. The number of esters is 1. The van der Waals surface area contributed by atoms with Crippen molar-refractivity contribution in [3.8, 4) is 17.2 Å². The fourth-order valence-electron chi connectivity index (χ4n) is 2.64. The largest absolute Gasteiger partial charge is 0.493 e. The van der Waals surface area contributed by atoms with E-state index in [0.717, 1.165) is 5.56 Å².